The number of nitrogens with one attached hydrogen (secondary N) is 1. The average molecular weight is 326 g/mol. The van der Waals surface area contributed by atoms with E-state index in [1.54, 1.807) is 25.3 Å². The Morgan fingerprint density at radius 3 is 2.63 bits per heavy atom. The minimum Gasteiger partial charge on any atom is -0.391 e. The van der Waals surface area contributed by atoms with Crippen LogP contribution in [0.1, 0.15) is 0 Å². The first-order chi connectivity index (χ1) is 9.06. The number of ether oxygens (including phenoxy) is 1. The Morgan fingerprint density at radius 2 is 2.05 bits per heavy atom. The summed E-state index contributed by atoms with van der Waals surface area (Å²) in [5.74, 6) is 0.0867. The van der Waals surface area contributed by atoms with Gasteiger partial charge in [0.25, 0.3) is 0 Å². The van der Waals surface area contributed by atoms with E-state index in [4.69, 9.17) is 27.9 Å². The van der Waals surface area contributed by atoms with Crippen LogP contribution in [0.5, 0.6) is 0 Å². The standard InChI is InChI=1S/C12H17Cl2NO3S/c1-18-6-5-15-7-9(16)8-19(17)12-10(13)3-2-4-11(12)14/h2-4,9,15-16H,5-8H2,1H3. The molecule has 2 atom stereocenters. The largest absolute Gasteiger partial charge is 0.391 e. The maximum atomic E-state index is 12.1. The van der Waals surface area contributed by atoms with Crippen LogP contribution >= 0.6 is 23.2 Å². The molecule has 0 radical (unpaired) electrons. The summed E-state index contributed by atoms with van der Waals surface area (Å²) in [5.41, 5.74) is 0. The van der Waals surface area contributed by atoms with E-state index in [-0.39, 0.29) is 5.75 Å². The highest BCUT2D eigenvalue weighted by molar-refractivity contribution is 7.85. The SMILES string of the molecule is COCCNCC(O)CS(=O)c1c(Cl)cccc1Cl. The second-order valence-electron chi connectivity index (χ2n) is 3.91. The van der Waals surface area contributed by atoms with Gasteiger partial charge in [0.05, 0.1) is 44.2 Å². The van der Waals surface area contributed by atoms with Gasteiger partial charge in [0.1, 0.15) is 0 Å². The zero-order valence-corrected chi connectivity index (χ0v) is 12.9. The molecule has 1 aromatic rings. The summed E-state index contributed by atoms with van der Waals surface area (Å²) in [6, 6.07) is 4.95. The predicted molar refractivity (Wildman–Crippen MR) is 78.5 cm³/mol. The van der Waals surface area contributed by atoms with E-state index in [9.17, 15) is 9.32 Å². The van der Waals surface area contributed by atoms with Gasteiger partial charge in [-0.25, -0.2) is 0 Å². The Balaban J connectivity index is 2.50. The second-order valence-corrected chi connectivity index (χ2v) is 6.16. The molecule has 2 unspecified atom stereocenters. The summed E-state index contributed by atoms with van der Waals surface area (Å²) in [6.07, 6.45) is -0.731. The fraction of sp³-hybridized carbons (Fsp3) is 0.500. The number of halogens is 2. The number of aliphatic hydroxyl groups is 1. The predicted octanol–water partition coefficient (Wildman–Crippen LogP) is 1.70. The van der Waals surface area contributed by atoms with Crippen molar-refractivity contribution in [1.82, 2.24) is 5.32 Å². The van der Waals surface area contributed by atoms with E-state index in [0.29, 0.717) is 34.6 Å². The minimum atomic E-state index is -1.43. The minimum absolute atomic E-state index is 0.0867. The number of hydrogen-bond donors (Lipinski definition) is 2. The normalized spacial score (nSPS) is 14.3. The molecule has 2 N–H and O–H groups in total. The van der Waals surface area contributed by atoms with E-state index < -0.39 is 16.9 Å². The Kier molecular flexibility index (Phi) is 7.90. The van der Waals surface area contributed by atoms with Gasteiger partial charge in [-0.05, 0) is 12.1 Å². The number of hydrogen-bond acceptors (Lipinski definition) is 4. The highest BCUT2D eigenvalue weighted by atomic mass is 35.5. The summed E-state index contributed by atoms with van der Waals surface area (Å²) < 4.78 is 17.0. The molecule has 1 aromatic carbocycles. The van der Waals surface area contributed by atoms with Crippen LogP contribution in [-0.2, 0) is 15.5 Å². The maximum absolute atomic E-state index is 12.1. The molecule has 1 rings (SSSR count). The second kappa shape index (κ2) is 8.89. The van der Waals surface area contributed by atoms with Gasteiger partial charge >= 0.3 is 0 Å². The molecule has 0 spiro atoms. The van der Waals surface area contributed by atoms with Crippen LogP contribution in [0, 0.1) is 0 Å². The van der Waals surface area contributed by atoms with E-state index in [1.807, 2.05) is 0 Å². The molecule has 0 aliphatic rings. The van der Waals surface area contributed by atoms with Crippen molar-refractivity contribution in [1.29, 1.82) is 0 Å². The van der Waals surface area contributed by atoms with Crippen LogP contribution in [0.2, 0.25) is 10.0 Å². The van der Waals surface area contributed by atoms with Gasteiger partial charge in [-0.2, -0.15) is 0 Å². The highest BCUT2D eigenvalue weighted by Crippen LogP contribution is 2.27. The van der Waals surface area contributed by atoms with E-state index >= 15 is 0 Å². The van der Waals surface area contributed by atoms with Gasteiger partial charge in [-0.3, -0.25) is 4.21 Å². The molecule has 0 bridgehead atoms. The third-order valence-corrected chi connectivity index (χ3v) is 4.79. The molecule has 0 aromatic heterocycles. The van der Waals surface area contributed by atoms with Gasteiger partial charge < -0.3 is 15.2 Å². The molecule has 7 heteroatoms. The molecule has 0 aliphatic carbocycles. The molecule has 19 heavy (non-hydrogen) atoms. The number of aliphatic hydroxyl groups excluding tert-OH is 1. The Labute approximate surface area is 125 Å². The summed E-state index contributed by atoms with van der Waals surface area (Å²) in [4.78, 5) is 0.377. The fourth-order valence-electron chi connectivity index (χ4n) is 1.46. The summed E-state index contributed by atoms with van der Waals surface area (Å²) in [7, 11) is 0.175. The molecule has 0 saturated carbocycles. The molecular weight excluding hydrogens is 309 g/mol. The van der Waals surface area contributed by atoms with Crippen molar-refractivity contribution in [2.45, 2.75) is 11.0 Å². The number of benzene rings is 1. The van der Waals surface area contributed by atoms with E-state index in [2.05, 4.69) is 5.32 Å². The molecule has 0 heterocycles. The summed E-state index contributed by atoms with van der Waals surface area (Å²) in [6.45, 7) is 1.54. The van der Waals surface area contributed by atoms with Crippen LogP contribution in [0.15, 0.2) is 23.1 Å². The van der Waals surface area contributed by atoms with Gasteiger partial charge in [0, 0.05) is 20.2 Å². The summed E-state index contributed by atoms with van der Waals surface area (Å²) in [5, 5.41) is 13.5. The topological polar surface area (TPSA) is 58.6 Å². The van der Waals surface area contributed by atoms with Crippen molar-refractivity contribution >= 4 is 34.0 Å². The summed E-state index contributed by atoms with van der Waals surface area (Å²) >= 11 is 11.9. The van der Waals surface area contributed by atoms with E-state index in [0.717, 1.165) is 0 Å². The first kappa shape index (κ1) is 16.9. The lowest BCUT2D eigenvalue weighted by molar-refractivity contribution is 0.174. The lowest BCUT2D eigenvalue weighted by Gasteiger charge is -2.12. The third kappa shape index (κ3) is 5.77. The Hall–Kier alpha value is -0.170. The number of methoxy groups -OCH3 is 1. The van der Waals surface area contributed by atoms with Crippen LogP contribution < -0.4 is 5.32 Å². The lowest BCUT2D eigenvalue weighted by atomic mass is 10.4. The van der Waals surface area contributed by atoms with E-state index in [1.165, 1.54) is 0 Å². The van der Waals surface area contributed by atoms with Crippen molar-refractivity contribution in [2.75, 3.05) is 32.6 Å². The maximum Gasteiger partial charge on any atom is 0.0783 e. The van der Waals surface area contributed by atoms with Crippen LogP contribution in [0.25, 0.3) is 0 Å². The van der Waals surface area contributed by atoms with Crippen molar-refractivity contribution in [3.63, 3.8) is 0 Å². The zero-order chi connectivity index (χ0) is 14.3. The fourth-order valence-corrected chi connectivity index (χ4v) is 3.58. The quantitative estimate of drug-likeness (QED) is 0.714. The first-order valence-electron chi connectivity index (χ1n) is 5.76. The monoisotopic (exact) mass is 325 g/mol. The van der Waals surface area contributed by atoms with Gasteiger partial charge in [-0.15, -0.1) is 0 Å². The lowest BCUT2D eigenvalue weighted by Crippen LogP contribution is -2.32. The van der Waals surface area contributed by atoms with Crippen molar-refractivity contribution in [3.8, 4) is 0 Å². The molecule has 0 saturated heterocycles. The molecular formula is C12H17Cl2NO3S. The van der Waals surface area contributed by atoms with Gasteiger partial charge in [0.15, 0.2) is 0 Å². The average Bonchev–Trinajstić information content (AvgIpc) is 2.34. The number of rotatable bonds is 8. The Morgan fingerprint density at radius 1 is 1.42 bits per heavy atom. The molecule has 4 nitrogen and oxygen atoms in total. The highest BCUT2D eigenvalue weighted by Gasteiger charge is 2.16. The van der Waals surface area contributed by atoms with Gasteiger partial charge in [0.2, 0.25) is 0 Å². The van der Waals surface area contributed by atoms with Crippen molar-refractivity contribution in [3.05, 3.63) is 28.2 Å². The van der Waals surface area contributed by atoms with Crippen LogP contribution in [0.4, 0.5) is 0 Å². The van der Waals surface area contributed by atoms with Crippen LogP contribution in [0.3, 0.4) is 0 Å². The van der Waals surface area contributed by atoms with Crippen molar-refractivity contribution < 1.29 is 14.1 Å². The first-order valence-corrected chi connectivity index (χ1v) is 7.84. The zero-order valence-electron chi connectivity index (χ0n) is 10.6. The third-order valence-electron chi connectivity index (χ3n) is 2.35. The molecule has 0 amide bonds. The smallest absolute Gasteiger partial charge is 0.0783 e. The molecule has 0 fully saturated rings. The molecule has 0 aliphatic heterocycles. The van der Waals surface area contributed by atoms with Crippen LogP contribution in [-0.4, -0.2) is 48.0 Å². The molecule has 108 valence electrons. The van der Waals surface area contributed by atoms with Crippen molar-refractivity contribution in [2.24, 2.45) is 0 Å². The Bertz CT molecular complexity index is 411. The van der Waals surface area contributed by atoms with Gasteiger partial charge in [-0.1, -0.05) is 29.3 Å².